The number of carbonyl (C=O) groups is 1. The summed E-state index contributed by atoms with van der Waals surface area (Å²) >= 11 is 0. The Morgan fingerprint density at radius 3 is 2.76 bits per heavy atom. The molecule has 2 aromatic rings. The number of aromatic nitrogens is 1. The fourth-order valence-corrected chi connectivity index (χ4v) is 2.58. The van der Waals surface area contributed by atoms with Gasteiger partial charge in [-0.1, -0.05) is 0 Å². The maximum atomic E-state index is 11.1. The summed E-state index contributed by atoms with van der Waals surface area (Å²) in [4.78, 5) is 27.6. The normalized spacial score (nSPS) is 15.0. The standard InChI is InChI=1S/C14H13N3O4/c1-8-4-10-11(5-15-8)13(17(20)21)3-2-12(10)16-6-9(7-16)14(18)19/h2-5,9H,6-7H2,1H3,(H,18,19). The number of carboxylic acids is 1. The molecule has 0 amide bonds. The van der Waals surface area contributed by atoms with Crippen molar-refractivity contribution < 1.29 is 14.8 Å². The molecule has 0 saturated carbocycles. The van der Waals surface area contributed by atoms with Gasteiger partial charge in [0.15, 0.2) is 0 Å². The average Bonchev–Trinajstić information content (AvgIpc) is 2.36. The predicted molar refractivity (Wildman–Crippen MR) is 76.5 cm³/mol. The van der Waals surface area contributed by atoms with Crippen LogP contribution >= 0.6 is 0 Å². The van der Waals surface area contributed by atoms with Crippen LogP contribution in [0.4, 0.5) is 11.4 Å². The Morgan fingerprint density at radius 1 is 1.43 bits per heavy atom. The molecule has 2 heterocycles. The highest BCUT2D eigenvalue weighted by Gasteiger charge is 2.34. The molecular formula is C14H13N3O4. The Balaban J connectivity index is 2.08. The summed E-state index contributed by atoms with van der Waals surface area (Å²) in [5.41, 5.74) is 1.59. The molecule has 21 heavy (non-hydrogen) atoms. The van der Waals surface area contributed by atoms with Gasteiger partial charge >= 0.3 is 5.97 Å². The first kappa shape index (κ1) is 13.3. The van der Waals surface area contributed by atoms with Crippen molar-refractivity contribution in [2.75, 3.05) is 18.0 Å². The van der Waals surface area contributed by atoms with Crippen molar-refractivity contribution in [1.29, 1.82) is 0 Å². The van der Waals surface area contributed by atoms with Crippen LogP contribution in [0, 0.1) is 23.0 Å². The van der Waals surface area contributed by atoms with Gasteiger partial charge < -0.3 is 10.0 Å². The molecule has 108 valence electrons. The third-order valence-electron chi connectivity index (χ3n) is 3.76. The number of benzene rings is 1. The summed E-state index contributed by atoms with van der Waals surface area (Å²) in [6.07, 6.45) is 1.50. The number of nitrogens with zero attached hydrogens (tertiary/aromatic N) is 3. The van der Waals surface area contributed by atoms with E-state index in [1.807, 2.05) is 11.8 Å². The summed E-state index contributed by atoms with van der Waals surface area (Å²) in [6.45, 7) is 2.66. The van der Waals surface area contributed by atoms with Crippen molar-refractivity contribution in [1.82, 2.24) is 4.98 Å². The van der Waals surface area contributed by atoms with Crippen LogP contribution < -0.4 is 4.90 Å². The Bertz CT molecular complexity index is 753. The minimum atomic E-state index is -0.810. The van der Waals surface area contributed by atoms with Gasteiger partial charge in [0.05, 0.1) is 16.2 Å². The van der Waals surface area contributed by atoms with E-state index in [2.05, 4.69) is 4.98 Å². The molecule has 1 saturated heterocycles. The lowest BCUT2D eigenvalue weighted by Gasteiger charge is -2.39. The first-order valence-corrected chi connectivity index (χ1v) is 6.49. The van der Waals surface area contributed by atoms with Crippen LogP contribution in [0.3, 0.4) is 0 Å². The highest BCUT2D eigenvalue weighted by atomic mass is 16.6. The van der Waals surface area contributed by atoms with Crippen LogP contribution in [0.5, 0.6) is 0 Å². The lowest BCUT2D eigenvalue weighted by atomic mass is 9.97. The van der Waals surface area contributed by atoms with Gasteiger partial charge in [0.25, 0.3) is 5.69 Å². The van der Waals surface area contributed by atoms with Crippen molar-refractivity contribution in [3.8, 4) is 0 Å². The van der Waals surface area contributed by atoms with Crippen LogP contribution in [0.2, 0.25) is 0 Å². The number of carboxylic acid groups (broad SMARTS) is 1. The first-order valence-electron chi connectivity index (χ1n) is 6.49. The van der Waals surface area contributed by atoms with Gasteiger partial charge in [-0.05, 0) is 19.1 Å². The zero-order valence-corrected chi connectivity index (χ0v) is 11.3. The fourth-order valence-electron chi connectivity index (χ4n) is 2.58. The van der Waals surface area contributed by atoms with E-state index in [9.17, 15) is 14.9 Å². The number of hydrogen-bond acceptors (Lipinski definition) is 5. The Morgan fingerprint density at radius 2 is 2.14 bits per heavy atom. The second-order valence-electron chi connectivity index (χ2n) is 5.17. The molecular weight excluding hydrogens is 274 g/mol. The Labute approximate surface area is 120 Å². The molecule has 0 bridgehead atoms. The van der Waals surface area contributed by atoms with Gasteiger partial charge in [-0.2, -0.15) is 0 Å². The number of anilines is 1. The van der Waals surface area contributed by atoms with E-state index in [0.29, 0.717) is 18.5 Å². The molecule has 3 rings (SSSR count). The molecule has 0 atom stereocenters. The van der Waals surface area contributed by atoms with E-state index in [-0.39, 0.29) is 11.6 Å². The number of hydrogen-bond donors (Lipinski definition) is 1. The van der Waals surface area contributed by atoms with Gasteiger partial charge in [-0.25, -0.2) is 0 Å². The second-order valence-corrected chi connectivity index (χ2v) is 5.17. The number of nitro groups is 1. The molecule has 1 aromatic carbocycles. The van der Waals surface area contributed by atoms with Crippen molar-refractivity contribution in [3.63, 3.8) is 0 Å². The summed E-state index contributed by atoms with van der Waals surface area (Å²) < 4.78 is 0. The zero-order valence-electron chi connectivity index (χ0n) is 11.3. The van der Waals surface area contributed by atoms with Crippen molar-refractivity contribution in [2.45, 2.75) is 6.92 Å². The first-order chi connectivity index (χ1) is 9.97. The number of rotatable bonds is 3. The lowest BCUT2D eigenvalue weighted by Crippen LogP contribution is -2.50. The topological polar surface area (TPSA) is 96.6 Å². The summed E-state index contributed by atoms with van der Waals surface area (Å²) in [5, 5.41) is 21.2. The minimum Gasteiger partial charge on any atom is -0.481 e. The number of non-ortho nitro benzene ring substituents is 1. The quantitative estimate of drug-likeness (QED) is 0.684. The van der Waals surface area contributed by atoms with Crippen LogP contribution in [0.15, 0.2) is 24.4 Å². The fraction of sp³-hybridized carbons (Fsp3) is 0.286. The third kappa shape index (κ3) is 2.16. The van der Waals surface area contributed by atoms with Gasteiger partial charge in [-0.15, -0.1) is 0 Å². The van der Waals surface area contributed by atoms with Crippen LogP contribution in [-0.2, 0) is 4.79 Å². The monoisotopic (exact) mass is 287 g/mol. The van der Waals surface area contributed by atoms with E-state index in [1.54, 1.807) is 12.1 Å². The second kappa shape index (κ2) is 4.69. The number of fused-ring (bicyclic) bond motifs is 1. The van der Waals surface area contributed by atoms with Crippen LogP contribution in [0.25, 0.3) is 10.8 Å². The molecule has 1 aromatic heterocycles. The van der Waals surface area contributed by atoms with E-state index in [0.717, 1.165) is 16.8 Å². The van der Waals surface area contributed by atoms with E-state index >= 15 is 0 Å². The number of aryl methyl sites for hydroxylation is 1. The molecule has 7 nitrogen and oxygen atoms in total. The smallest absolute Gasteiger partial charge is 0.310 e. The van der Waals surface area contributed by atoms with Crippen molar-refractivity contribution in [3.05, 3.63) is 40.2 Å². The summed E-state index contributed by atoms with van der Waals surface area (Å²) in [6, 6.07) is 4.92. The molecule has 0 unspecified atom stereocenters. The van der Waals surface area contributed by atoms with Gasteiger partial charge in [-0.3, -0.25) is 19.9 Å². The summed E-state index contributed by atoms with van der Waals surface area (Å²) in [5.74, 6) is -1.19. The lowest BCUT2D eigenvalue weighted by molar-refractivity contribution is -0.383. The molecule has 1 N–H and O–H groups in total. The van der Waals surface area contributed by atoms with Gasteiger partial charge in [0.1, 0.15) is 0 Å². The number of pyridine rings is 1. The molecule has 0 spiro atoms. The van der Waals surface area contributed by atoms with Gasteiger partial charge in [0, 0.05) is 42.1 Å². The minimum absolute atomic E-state index is 0.0107. The molecule has 1 aliphatic heterocycles. The maximum absolute atomic E-state index is 11.1. The molecule has 0 radical (unpaired) electrons. The Kier molecular flexibility index (Phi) is 2.97. The molecule has 1 aliphatic rings. The number of aliphatic carboxylic acids is 1. The summed E-state index contributed by atoms with van der Waals surface area (Å²) in [7, 11) is 0. The van der Waals surface area contributed by atoms with Crippen LogP contribution in [0.1, 0.15) is 5.69 Å². The van der Waals surface area contributed by atoms with E-state index in [4.69, 9.17) is 5.11 Å². The molecule has 0 aliphatic carbocycles. The number of nitro benzene ring substituents is 1. The highest BCUT2D eigenvalue weighted by Crippen LogP contribution is 2.36. The predicted octanol–water partition coefficient (Wildman–Crippen LogP) is 1.97. The average molecular weight is 287 g/mol. The SMILES string of the molecule is Cc1cc2c(N3CC(C(=O)O)C3)ccc([N+](=O)[O-])c2cn1. The molecule has 1 fully saturated rings. The maximum Gasteiger partial charge on any atom is 0.310 e. The Hall–Kier alpha value is -2.70. The highest BCUT2D eigenvalue weighted by molar-refractivity contribution is 6.00. The van der Waals surface area contributed by atoms with Crippen LogP contribution in [-0.4, -0.2) is 34.1 Å². The van der Waals surface area contributed by atoms with E-state index < -0.39 is 10.9 Å². The molecule has 7 heteroatoms. The van der Waals surface area contributed by atoms with Crippen molar-refractivity contribution in [2.24, 2.45) is 5.92 Å². The third-order valence-corrected chi connectivity index (χ3v) is 3.76. The zero-order chi connectivity index (χ0) is 15.1. The van der Waals surface area contributed by atoms with Crippen molar-refractivity contribution >= 4 is 28.1 Å². The van der Waals surface area contributed by atoms with Gasteiger partial charge in [0.2, 0.25) is 0 Å². The largest absolute Gasteiger partial charge is 0.481 e. The van der Waals surface area contributed by atoms with E-state index in [1.165, 1.54) is 12.3 Å².